The minimum absolute atomic E-state index is 0.00211. The predicted octanol–water partition coefficient (Wildman–Crippen LogP) is -0.471. The third-order valence-corrected chi connectivity index (χ3v) is 4.19. The first-order chi connectivity index (χ1) is 8.53. The average molecular weight is 272 g/mol. The summed E-state index contributed by atoms with van der Waals surface area (Å²) in [6, 6.07) is -0.697. The fourth-order valence-corrected chi connectivity index (χ4v) is 2.96. The Labute approximate surface area is 105 Å². The highest BCUT2D eigenvalue weighted by molar-refractivity contribution is 7.89. The van der Waals surface area contributed by atoms with Crippen molar-refractivity contribution in [1.29, 1.82) is 0 Å². The number of aromatic amines is 1. The minimum atomic E-state index is -3.71. The summed E-state index contributed by atoms with van der Waals surface area (Å²) in [6.07, 6.45) is 3.17. The van der Waals surface area contributed by atoms with Gasteiger partial charge in [-0.2, -0.15) is 4.72 Å². The highest BCUT2D eigenvalue weighted by atomic mass is 32.2. The summed E-state index contributed by atoms with van der Waals surface area (Å²) in [5, 5.41) is 2.63. The molecule has 0 aliphatic carbocycles. The molecule has 1 atom stereocenters. The lowest BCUT2D eigenvalue weighted by molar-refractivity contribution is -0.124. The van der Waals surface area contributed by atoms with E-state index < -0.39 is 16.1 Å². The maximum absolute atomic E-state index is 12.0. The van der Waals surface area contributed by atoms with Gasteiger partial charge in [-0.05, 0) is 12.8 Å². The molecular weight excluding hydrogens is 256 g/mol. The molecular formula is C10H16N4O3S. The van der Waals surface area contributed by atoms with Gasteiger partial charge in [0.25, 0.3) is 10.0 Å². The first-order valence-electron chi connectivity index (χ1n) is 5.87. The number of rotatable bonds is 4. The van der Waals surface area contributed by atoms with E-state index in [0.29, 0.717) is 25.2 Å². The highest BCUT2D eigenvalue weighted by Crippen LogP contribution is 2.10. The number of H-pyrrole nitrogens is 1. The number of imidazole rings is 1. The van der Waals surface area contributed by atoms with Crippen LogP contribution in [0.4, 0.5) is 0 Å². The number of sulfonamides is 1. The Hall–Kier alpha value is -1.41. The third-order valence-electron chi connectivity index (χ3n) is 2.81. The van der Waals surface area contributed by atoms with Gasteiger partial charge in [0.1, 0.15) is 11.9 Å². The molecule has 1 unspecified atom stereocenters. The molecule has 0 radical (unpaired) electrons. The van der Waals surface area contributed by atoms with Crippen LogP contribution in [0.25, 0.3) is 0 Å². The molecule has 7 nitrogen and oxygen atoms in total. The van der Waals surface area contributed by atoms with Crippen LogP contribution in [0.1, 0.15) is 25.6 Å². The summed E-state index contributed by atoms with van der Waals surface area (Å²) in [4.78, 5) is 18.2. The van der Waals surface area contributed by atoms with E-state index in [1.165, 1.54) is 6.20 Å². The minimum Gasteiger partial charge on any atom is -0.355 e. The molecule has 100 valence electrons. The largest absolute Gasteiger partial charge is 0.355 e. The van der Waals surface area contributed by atoms with E-state index in [1.54, 1.807) is 0 Å². The van der Waals surface area contributed by atoms with Gasteiger partial charge in [0.2, 0.25) is 5.91 Å². The molecule has 1 aliphatic rings. The topological polar surface area (TPSA) is 104 Å². The number of carbonyl (C=O) groups excluding carboxylic acids is 1. The molecule has 8 heteroatoms. The molecule has 2 heterocycles. The van der Waals surface area contributed by atoms with Crippen molar-refractivity contribution >= 4 is 15.9 Å². The number of hydrogen-bond acceptors (Lipinski definition) is 4. The van der Waals surface area contributed by atoms with Crippen LogP contribution in [-0.4, -0.2) is 36.9 Å². The average Bonchev–Trinajstić information content (AvgIpc) is 2.81. The van der Waals surface area contributed by atoms with Crippen LogP contribution in [0.3, 0.4) is 0 Å². The Kier molecular flexibility index (Phi) is 3.67. The molecule has 3 N–H and O–H groups in total. The molecule has 18 heavy (non-hydrogen) atoms. The van der Waals surface area contributed by atoms with Crippen molar-refractivity contribution in [2.24, 2.45) is 0 Å². The molecule has 2 rings (SSSR count). The van der Waals surface area contributed by atoms with E-state index in [2.05, 4.69) is 20.0 Å². The van der Waals surface area contributed by atoms with Gasteiger partial charge in [0.05, 0.1) is 6.20 Å². The fourth-order valence-electron chi connectivity index (χ4n) is 1.79. The van der Waals surface area contributed by atoms with E-state index in [-0.39, 0.29) is 10.9 Å². The van der Waals surface area contributed by atoms with Crippen LogP contribution < -0.4 is 10.0 Å². The van der Waals surface area contributed by atoms with Gasteiger partial charge in [0.15, 0.2) is 5.03 Å². The predicted molar refractivity (Wildman–Crippen MR) is 64.3 cm³/mol. The number of nitrogens with one attached hydrogen (secondary N) is 3. The number of aromatic nitrogens is 2. The van der Waals surface area contributed by atoms with Crippen LogP contribution in [0.15, 0.2) is 11.2 Å². The van der Waals surface area contributed by atoms with Gasteiger partial charge in [0, 0.05) is 13.0 Å². The quantitative estimate of drug-likeness (QED) is 0.689. The van der Waals surface area contributed by atoms with Crippen LogP contribution in [0, 0.1) is 0 Å². The van der Waals surface area contributed by atoms with Crippen LogP contribution >= 0.6 is 0 Å². The molecule has 1 amide bonds. The maximum Gasteiger partial charge on any atom is 0.258 e. The summed E-state index contributed by atoms with van der Waals surface area (Å²) < 4.78 is 26.4. The van der Waals surface area contributed by atoms with E-state index >= 15 is 0 Å². The number of amides is 1. The Morgan fingerprint density at radius 1 is 1.56 bits per heavy atom. The van der Waals surface area contributed by atoms with Crippen molar-refractivity contribution < 1.29 is 13.2 Å². The summed E-state index contributed by atoms with van der Waals surface area (Å²) in [5.74, 6) is 0.323. The van der Waals surface area contributed by atoms with Gasteiger partial charge in [-0.3, -0.25) is 4.79 Å². The third kappa shape index (κ3) is 2.70. The molecule has 0 aromatic carbocycles. The number of hydrogen-bond donors (Lipinski definition) is 3. The van der Waals surface area contributed by atoms with Gasteiger partial charge < -0.3 is 10.3 Å². The second kappa shape index (κ2) is 5.07. The summed E-state index contributed by atoms with van der Waals surface area (Å²) in [7, 11) is -3.71. The van der Waals surface area contributed by atoms with Gasteiger partial charge >= 0.3 is 0 Å². The smallest absolute Gasteiger partial charge is 0.258 e. The van der Waals surface area contributed by atoms with Crippen molar-refractivity contribution in [2.45, 2.75) is 37.3 Å². The van der Waals surface area contributed by atoms with E-state index in [9.17, 15) is 13.2 Å². The monoisotopic (exact) mass is 272 g/mol. The zero-order chi connectivity index (χ0) is 13.2. The van der Waals surface area contributed by atoms with Crippen LogP contribution in [0.5, 0.6) is 0 Å². The fraction of sp³-hybridized carbons (Fsp3) is 0.600. The van der Waals surface area contributed by atoms with E-state index in [0.717, 1.165) is 6.42 Å². The Bertz CT molecular complexity index is 537. The SMILES string of the molecule is CCc1ncc(S(=O)(=O)NC2CCCNC2=O)[nH]1. The van der Waals surface area contributed by atoms with E-state index in [1.807, 2.05) is 6.92 Å². The van der Waals surface area contributed by atoms with Crippen molar-refractivity contribution in [1.82, 2.24) is 20.0 Å². The lowest BCUT2D eigenvalue weighted by Crippen LogP contribution is -2.50. The van der Waals surface area contributed by atoms with Crippen LogP contribution in [-0.2, 0) is 21.2 Å². The Morgan fingerprint density at radius 2 is 2.33 bits per heavy atom. The van der Waals surface area contributed by atoms with Crippen LogP contribution in [0.2, 0.25) is 0 Å². The molecule has 1 saturated heterocycles. The first kappa shape index (κ1) is 13.0. The molecule has 1 fully saturated rings. The normalized spacial score (nSPS) is 20.7. The second-order valence-electron chi connectivity index (χ2n) is 4.15. The maximum atomic E-state index is 12.0. The first-order valence-corrected chi connectivity index (χ1v) is 7.35. The lowest BCUT2D eigenvalue weighted by atomic mass is 10.1. The molecule has 1 aliphatic heterocycles. The zero-order valence-corrected chi connectivity index (χ0v) is 10.9. The lowest BCUT2D eigenvalue weighted by Gasteiger charge is -2.22. The number of aryl methyl sites for hydroxylation is 1. The van der Waals surface area contributed by atoms with Crippen molar-refractivity contribution in [3.05, 3.63) is 12.0 Å². The second-order valence-corrected chi connectivity index (χ2v) is 5.84. The zero-order valence-electron chi connectivity index (χ0n) is 10.1. The molecule has 0 saturated carbocycles. The Morgan fingerprint density at radius 3 is 2.94 bits per heavy atom. The highest BCUT2D eigenvalue weighted by Gasteiger charge is 2.28. The van der Waals surface area contributed by atoms with Gasteiger partial charge in [-0.1, -0.05) is 6.92 Å². The molecule has 0 spiro atoms. The summed E-state index contributed by atoms with van der Waals surface area (Å²) in [5.41, 5.74) is 0. The van der Waals surface area contributed by atoms with Crippen molar-refractivity contribution in [2.75, 3.05) is 6.54 Å². The number of piperidine rings is 1. The van der Waals surface area contributed by atoms with Crippen molar-refractivity contribution in [3.63, 3.8) is 0 Å². The van der Waals surface area contributed by atoms with Crippen molar-refractivity contribution in [3.8, 4) is 0 Å². The number of nitrogens with zero attached hydrogens (tertiary/aromatic N) is 1. The van der Waals surface area contributed by atoms with Gasteiger partial charge in [-0.15, -0.1) is 0 Å². The summed E-state index contributed by atoms with van der Waals surface area (Å²) >= 11 is 0. The molecule has 1 aromatic heterocycles. The molecule has 0 bridgehead atoms. The summed E-state index contributed by atoms with van der Waals surface area (Å²) in [6.45, 7) is 2.47. The Balaban J connectivity index is 2.13. The van der Waals surface area contributed by atoms with E-state index in [4.69, 9.17) is 0 Å². The number of carbonyl (C=O) groups is 1. The van der Waals surface area contributed by atoms with Gasteiger partial charge in [-0.25, -0.2) is 13.4 Å². The molecule has 1 aromatic rings. The standard InChI is InChI=1S/C10H16N4O3S/c1-2-8-12-6-9(13-8)18(16,17)14-7-4-3-5-11-10(7)15/h6-7,14H,2-5H2,1H3,(H,11,15)(H,12,13).